The molecule has 1 N–H and O–H groups in total. The van der Waals surface area contributed by atoms with Crippen LogP contribution in [-0.4, -0.2) is 23.6 Å². The summed E-state index contributed by atoms with van der Waals surface area (Å²) >= 11 is 6.05. The molecule has 0 saturated heterocycles. The Morgan fingerprint density at radius 2 is 1.92 bits per heavy atom. The summed E-state index contributed by atoms with van der Waals surface area (Å²) in [7, 11) is 0. The molecule has 0 radical (unpaired) electrons. The highest BCUT2D eigenvalue weighted by Crippen LogP contribution is 2.23. The van der Waals surface area contributed by atoms with Gasteiger partial charge >= 0.3 is 6.61 Å². The SMILES string of the molecule is CC(C)Oc1ncc(C(=O)NCc2ccc(OC(F)F)cc2)cc1Cl. The summed E-state index contributed by atoms with van der Waals surface area (Å²) in [6.45, 7) is 1.03. The van der Waals surface area contributed by atoms with Crippen molar-refractivity contribution in [3.05, 3.63) is 52.7 Å². The summed E-state index contributed by atoms with van der Waals surface area (Å²) in [5.74, 6) is -0.0389. The standard InChI is InChI=1S/C17H17ClF2N2O3/c1-10(2)24-16-14(18)7-12(9-22-16)15(23)21-8-11-3-5-13(6-4-11)25-17(19)20/h3-7,9-10,17H,8H2,1-2H3,(H,21,23). The second-order valence-electron chi connectivity index (χ2n) is 5.38. The van der Waals surface area contributed by atoms with Crippen LogP contribution in [0.1, 0.15) is 29.8 Å². The lowest BCUT2D eigenvalue weighted by Gasteiger charge is -2.11. The monoisotopic (exact) mass is 370 g/mol. The Balaban J connectivity index is 1.94. The minimum Gasteiger partial charge on any atom is -0.474 e. The summed E-state index contributed by atoms with van der Waals surface area (Å²) in [5, 5.41) is 2.94. The van der Waals surface area contributed by atoms with Gasteiger partial charge in [0.1, 0.15) is 10.8 Å². The normalized spacial score (nSPS) is 10.8. The molecule has 0 aliphatic rings. The smallest absolute Gasteiger partial charge is 0.387 e. The molecule has 0 bridgehead atoms. The zero-order valence-electron chi connectivity index (χ0n) is 13.6. The van der Waals surface area contributed by atoms with Crippen LogP contribution >= 0.6 is 11.6 Å². The first kappa shape index (κ1) is 18.9. The predicted octanol–water partition coefficient (Wildman–Crippen LogP) is 4.05. The van der Waals surface area contributed by atoms with E-state index in [-0.39, 0.29) is 35.2 Å². The van der Waals surface area contributed by atoms with Crippen molar-refractivity contribution in [2.75, 3.05) is 0 Å². The summed E-state index contributed by atoms with van der Waals surface area (Å²) in [6.07, 6.45) is 1.29. The van der Waals surface area contributed by atoms with Gasteiger partial charge in [-0.2, -0.15) is 8.78 Å². The first-order valence-corrected chi connectivity index (χ1v) is 7.87. The van der Waals surface area contributed by atoms with Crippen LogP contribution in [0.3, 0.4) is 0 Å². The molecule has 2 aromatic rings. The number of carbonyl (C=O) groups is 1. The maximum atomic E-state index is 12.1. The highest BCUT2D eigenvalue weighted by atomic mass is 35.5. The minimum absolute atomic E-state index is 0.0572. The van der Waals surface area contributed by atoms with Gasteiger partial charge in [0.05, 0.1) is 11.7 Å². The van der Waals surface area contributed by atoms with Crippen molar-refractivity contribution in [3.63, 3.8) is 0 Å². The number of carbonyl (C=O) groups excluding carboxylic acids is 1. The molecule has 1 heterocycles. The number of amides is 1. The second-order valence-corrected chi connectivity index (χ2v) is 5.79. The topological polar surface area (TPSA) is 60.5 Å². The van der Waals surface area contributed by atoms with Crippen LogP contribution in [0.4, 0.5) is 8.78 Å². The molecular formula is C17H17ClF2N2O3. The highest BCUT2D eigenvalue weighted by molar-refractivity contribution is 6.32. The molecule has 25 heavy (non-hydrogen) atoms. The zero-order valence-corrected chi connectivity index (χ0v) is 14.4. The van der Waals surface area contributed by atoms with E-state index in [1.165, 1.54) is 24.4 Å². The lowest BCUT2D eigenvalue weighted by atomic mass is 10.2. The third-order valence-electron chi connectivity index (χ3n) is 3.02. The number of aromatic nitrogens is 1. The number of hydrogen-bond donors (Lipinski definition) is 1. The fourth-order valence-electron chi connectivity index (χ4n) is 1.93. The molecule has 1 aromatic heterocycles. The number of pyridine rings is 1. The Morgan fingerprint density at radius 1 is 1.24 bits per heavy atom. The van der Waals surface area contributed by atoms with Gasteiger partial charge in [0, 0.05) is 12.7 Å². The Labute approximate surface area is 148 Å². The number of nitrogens with zero attached hydrogens (tertiary/aromatic N) is 1. The van der Waals surface area contributed by atoms with E-state index in [2.05, 4.69) is 15.0 Å². The van der Waals surface area contributed by atoms with Crippen molar-refractivity contribution >= 4 is 17.5 Å². The van der Waals surface area contributed by atoms with Crippen molar-refractivity contribution in [2.45, 2.75) is 33.1 Å². The zero-order chi connectivity index (χ0) is 18.4. The summed E-state index contributed by atoms with van der Waals surface area (Å²) in [6, 6.07) is 7.46. The van der Waals surface area contributed by atoms with Gasteiger partial charge in [0.15, 0.2) is 0 Å². The Kier molecular flexibility index (Phi) is 6.52. The maximum absolute atomic E-state index is 12.1. The molecule has 0 unspecified atom stereocenters. The van der Waals surface area contributed by atoms with Crippen LogP contribution in [0.25, 0.3) is 0 Å². The largest absolute Gasteiger partial charge is 0.474 e. The number of ether oxygens (including phenoxy) is 2. The van der Waals surface area contributed by atoms with Crippen molar-refractivity contribution < 1.29 is 23.0 Å². The summed E-state index contributed by atoms with van der Waals surface area (Å²) in [5.41, 5.74) is 1.02. The molecule has 8 heteroatoms. The summed E-state index contributed by atoms with van der Waals surface area (Å²) in [4.78, 5) is 16.2. The number of benzene rings is 1. The predicted molar refractivity (Wildman–Crippen MR) is 89.3 cm³/mol. The molecular weight excluding hydrogens is 354 g/mol. The third kappa shape index (κ3) is 5.86. The highest BCUT2D eigenvalue weighted by Gasteiger charge is 2.12. The first-order valence-electron chi connectivity index (χ1n) is 7.49. The van der Waals surface area contributed by atoms with Gasteiger partial charge in [-0.05, 0) is 37.6 Å². The van der Waals surface area contributed by atoms with E-state index in [1.807, 2.05) is 13.8 Å². The van der Waals surface area contributed by atoms with Crippen LogP contribution < -0.4 is 14.8 Å². The van der Waals surface area contributed by atoms with Crippen molar-refractivity contribution in [3.8, 4) is 11.6 Å². The molecule has 0 atom stereocenters. The molecule has 0 saturated carbocycles. The van der Waals surface area contributed by atoms with Gasteiger partial charge in [-0.25, -0.2) is 4.98 Å². The van der Waals surface area contributed by atoms with Crippen molar-refractivity contribution in [1.29, 1.82) is 0 Å². The Morgan fingerprint density at radius 3 is 2.48 bits per heavy atom. The van der Waals surface area contributed by atoms with Crippen LogP contribution in [0.15, 0.2) is 36.5 Å². The first-order chi connectivity index (χ1) is 11.8. The van der Waals surface area contributed by atoms with Crippen LogP contribution in [0, 0.1) is 0 Å². The van der Waals surface area contributed by atoms with Gasteiger partial charge < -0.3 is 14.8 Å². The Bertz CT molecular complexity index is 724. The maximum Gasteiger partial charge on any atom is 0.387 e. The van der Waals surface area contributed by atoms with E-state index in [0.29, 0.717) is 5.56 Å². The molecule has 2 rings (SSSR count). The molecule has 5 nitrogen and oxygen atoms in total. The number of rotatable bonds is 7. The van der Waals surface area contributed by atoms with Gasteiger partial charge in [0.25, 0.3) is 5.91 Å². The van der Waals surface area contributed by atoms with Gasteiger partial charge in [-0.3, -0.25) is 4.79 Å². The quantitative estimate of drug-likeness (QED) is 0.798. The van der Waals surface area contributed by atoms with Gasteiger partial charge in [0.2, 0.25) is 5.88 Å². The van der Waals surface area contributed by atoms with E-state index < -0.39 is 6.61 Å². The Hall–Kier alpha value is -2.41. The second kappa shape index (κ2) is 8.62. The van der Waals surface area contributed by atoms with E-state index in [1.54, 1.807) is 12.1 Å². The lowest BCUT2D eigenvalue weighted by Crippen LogP contribution is -2.23. The molecule has 1 aromatic carbocycles. The molecule has 0 spiro atoms. The fourth-order valence-corrected chi connectivity index (χ4v) is 2.14. The fraction of sp³-hybridized carbons (Fsp3) is 0.294. The number of alkyl halides is 2. The van der Waals surface area contributed by atoms with E-state index in [9.17, 15) is 13.6 Å². The molecule has 0 aliphatic heterocycles. The van der Waals surface area contributed by atoms with Crippen molar-refractivity contribution in [2.24, 2.45) is 0 Å². The average Bonchev–Trinajstić information content (AvgIpc) is 2.55. The van der Waals surface area contributed by atoms with Crippen LogP contribution in [0.2, 0.25) is 5.02 Å². The molecule has 1 amide bonds. The van der Waals surface area contributed by atoms with Crippen LogP contribution in [-0.2, 0) is 6.54 Å². The molecule has 0 aliphatic carbocycles. The minimum atomic E-state index is -2.87. The molecule has 134 valence electrons. The van der Waals surface area contributed by atoms with Crippen LogP contribution in [0.5, 0.6) is 11.6 Å². The lowest BCUT2D eigenvalue weighted by molar-refractivity contribution is -0.0498. The number of nitrogens with one attached hydrogen (secondary N) is 1. The molecule has 0 fully saturated rings. The summed E-state index contributed by atoms with van der Waals surface area (Å²) < 4.78 is 33.8. The van der Waals surface area contributed by atoms with Gasteiger partial charge in [-0.1, -0.05) is 23.7 Å². The number of hydrogen-bond acceptors (Lipinski definition) is 4. The third-order valence-corrected chi connectivity index (χ3v) is 3.29. The van der Waals surface area contributed by atoms with Gasteiger partial charge in [-0.15, -0.1) is 0 Å². The number of halogens is 3. The average molecular weight is 371 g/mol. The van der Waals surface area contributed by atoms with Crippen molar-refractivity contribution in [1.82, 2.24) is 10.3 Å². The van der Waals surface area contributed by atoms with E-state index in [4.69, 9.17) is 16.3 Å². The van der Waals surface area contributed by atoms with E-state index in [0.717, 1.165) is 5.56 Å². The van der Waals surface area contributed by atoms with E-state index >= 15 is 0 Å².